The van der Waals surface area contributed by atoms with Crippen LogP contribution in [0.2, 0.25) is 0 Å². The normalized spacial score (nSPS) is 12.3. The maximum absolute atomic E-state index is 14.7. The largest absolute Gasteiger partial charge is 0.451 e. The lowest BCUT2D eigenvalue weighted by Gasteiger charge is -2.27. The van der Waals surface area contributed by atoms with Crippen LogP contribution in [0.4, 0.5) is 13.2 Å². The van der Waals surface area contributed by atoms with Crippen molar-refractivity contribution in [2.75, 3.05) is 0 Å². The number of carbonyl (C=O) groups is 4. The van der Waals surface area contributed by atoms with Crippen molar-refractivity contribution in [2.24, 2.45) is 0 Å². The molecule has 0 N–H and O–H groups in total. The quantitative estimate of drug-likeness (QED) is 0.0882. The minimum atomic E-state index is -4.71. The number of benzene rings is 8. The van der Waals surface area contributed by atoms with Gasteiger partial charge in [-0.2, -0.15) is 13.2 Å². The topological polar surface area (TPSA) is 105 Å². The average molecular weight is 901 g/mol. The second kappa shape index (κ2) is 18.4. The van der Waals surface area contributed by atoms with Crippen LogP contribution in [0.3, 0.4) is 0 Å². The number of alkyl halides is 3. The highest BCUT2D eigenvalue weighted by Gasteiger charge is 2.42. The zero-order valence-corrected chi connectivity index (χ0v) is 36.8. The molecule has 0 radical (unpaired) electrons. The van der Waals surface area contributed by atoms with E-state index in [0.717, 1.165) is 27.1 Å². The van der Waals surface area contributed by atoms with E-state index < -0.39 is 47.2 Å². The van der Waals surface area contributed by atoms with Gasteiger partial charge in [0.15, 0.2) is 0 Å². The molecular weight excluding hydrogens is 858 g/mol. The fraction of sp³-hybridized carbons (Fsp3) is 0.143. The highest BCUT2D eigenvalue weighted by atomic mass is 19.4. The summed E-state index contributed by atoms with van der Waals surface area (Å²) in [4.78, 5) is 53.1. The molecule has 0 aliphatic rings. The van der Waals surface area contributed by atoms with Crippen LogP contribution in [0.25, 0.3) is 21.5 Å². The molecular formula is C56H43F3O8. The van der Waals surface area contributed by atoms with Gasteiger partial charge in [0.25, 0.3) is 0 Å². The molecule has 0 heterocycles. The predicted molar refractivity (Wildman–Crippen MR) is 248 cm³/mol. The van der Waals surface area contributed by atoms with E-state index in [2.05, 4.69) is 0 Å². The molecule has 1 atom stereocenters. The summed E-state index contributed by atoms with van der Waals surface area (Å²) in [5.74, 6) is -4.60. The predicted octanol–water partition coefficient (Wildman–Crippen LogP) is 13.3. The molecule has 0 spiro atoms. The molecule has 0 saturated heterocycles. The van der Waals surface area contributed by atoms with Crippen molar-refractivity contribution >= 4 is 45.4 Å². The lowest BCUT2D eigenvalue weighted by molar-refractivity contribution is -0.141. The van der Waals surface area contributed by atoms with Crippen molar-refractivity contribution in [2.45, 2.75) is 51.0 Å². The van der Waals surface area contributed by atoms with Gasteiger partial charge in [-0.05, 0) is 115 Å². The monoisotopic (exact) mass is 900 g/mol. The highest BCUT2D eigenvalue weighted by molar-refractivity contribution is 5.99. The van der Waals surface area contributed by atoms with E-state index in [0.29, 0.717) is 11.3 Å². The Bertz CT molecular complexity index is 3140. The SMILES string of the molecule is CC(C)(OC(=O)c1cccc(C(=O)Oc2cccc3ccccc23)c1)c1ccc(C(c2ccc(OC(=O)c3cccc(C(=O)OC(C)(C)c4cccc5ccccc45)c3)cc2)C(F)(F)F)cc1. The van der Waals surface area contributed by atoms with Gasteiger partial charge in [-0.1, -0.05) is 127 Å². The number of carbonyl (C=O) groups excluding carboxylic acids is 4. The summed E-state index contributed by atoms with van der Waals surface area (Å²) in [5.41, 5.74) is -0.915. The van der Waals surface area contributed by atoms with E-state index in [1.165, 1.54) is 97.1 Å². The number of halogens is 3. The molecule has 0 amide bonds. The van der Waals surface area contributed by atoms with Gasteiger partial charge >= 0.3 is 30.1 Å². The first-order chi connectivity index (χ1) is 32.0. The molecule has 8 aromatic carbocycles. The Hall–Kier alpha value is -8.05. The summed E-state index contributed by atoms with van der Waals surface area (Å²) in [7, 11) is 0. The summed E-state index contributed by atoms with van der Waals surface area (Å²) in [6.07, 6.45) is -4.71. The number of fused-ring (bicyclic) bond motifs is 2. The first-order valence-corrected chi connectivity index (χ1v) is 21.3. The second-order valence-electron chi connectivity index (χ2n) is 16.9. The van der Waals surface area contributed by atoms with Crippen molar-refractivity contribution in [1.82, 2.24) is 0 Å². The molecule has 0 saturated carbocycles. The number of esters is 4. The molecule has 11 heteroatoms. The standard InChI is InChI=1S/C56H43F3O8/c1-54(2,66-52(62)41-19-10-18-40(34-41)51(61)65-48-24-12-16-36-14-6-8-22-46(36)48)43-29-25-37(26-30-43)49(56(57,58)59)38-27-31-44(32-28-38)64-50(60)39-17-9-20-42(33-39)53(63)67-55(3,4)47-23-11-15-35-13-5-7-21-45(35)47/h5-34,49H,1-4H3. The van der Waals surface area contributed by atoms with Gasteiger partial charge < -0.3 is 18.9 Å². The molecule has 8 aromatic rings. The first-order valence-electron chi connectivity index (χ1n) is 21.3. The molecule has 0 fully saturated rings. The van der Waals surface area contributed by atoms with E-state index >= 15 is 0 Å². The van der Waals surface area contributed by atoms with Gasteiger partial charge in [0, 0.05) is 10.9 Å². The molecule has 67 heavy (non-hydrogen) atoms. The fourth-order valence-corrected chi connectivity index (χ4v) is 7.98. The molecule has 0 aliphatic heterocycles. The fourth-order valence-electron chi connectivity index (χ4n) is 7.98. The zero-order chi connectivity index (χ0) is 47.5. The number of rotatable bonds is 12. The van der Waals surface area contributed by atoms with E-state index in [1.807, 2.05) is 72.8 Å². The molecule has 336 valence electrons. The van der Waals surface area contributed by atoms with Crippen molar-refractivity contribution in [3.05, 3.63) is 226 Å². The van der Waals surface area contributed by atoms with Crippen molar-refractivity contribution in [1.29, 1.82) is 0 Å². The Morgan fingerprint density at radius 3 is 1.43 bits per heavy atom. The maximum atomic E-state index is 14.7. The molecule has 0 bridgehead atoms. The van der Waals surface area contributed by atoms with Crippen molar-refractivity contribution in [3.63, 3.8) is 0 Å². The Labute approximate surface area is 384 Å². The van der Waals surface area contributed by atoms with Gasteiger partial charge in [0.05, 0.1) is 22.3 Å². The van der Waals surface area contributed by atoms with Crippen LogP contribution < -0.4 is 9.47 Å². The first kappa shape index (κ1) is 45.5. The van der Waals surface area contributed by atoms with Crippen LogP contribution in [-0.2, 0) is 20.7 Å². The summed E-state index contributed by atoms with van der Waals surface area (Å²) < 4.78 is 67.2. The van der Waals surface area contributed by atoms with Gasteiger partial charge in [-0.25, -0.2) is 19.2 Å². The molecule has 1 unspecified atom stereocenters. The Morgan fingerprint density at radius 2 is 0.866 bits per heavy atom. The van der Waals surface area contributed by atoms with Crippen molar-refractivity contribution < 1.29 is 51.3 Å². The third kappa shape index (κ3) is 10.1. The molecule has 8 nitrogen and oxygen atoms in total. The smallest absolute Gasteiger partial charge is 0.399 e. The Kier molecular flexibility index (Phi) is 12.5. The summed E-state index contributed by atoms with van der Waals surface area (Å²) in [5, 5.41) is 3.57. The highest BCUT2D eigenvalue weighted by Crippen LogP contribution is 2.42. The van der Waals surface area contributed by atoms with Crippen LogP contribution >= 0.6 is 0 Å². The van der Waals surface area contributed by atoms with Gasteiger partial charge in [-0.15, -0.1) is 0 Å². The second-order valence-corrected chi connectivity index (χ2v) is 16.9. The third-order valence-corrected chi connectivity index (χ3v) is 11.4. The lowest BCUT2D eigenvalue weighted by Crippen LogP contribution is -2.26. The Morgan fingerprint density at radius 1 is 0.433 bits per heavy atom. The van der Waals surface area contributed by atoms with Crippen LogP contribution in [0.15, 0.2) is 182 Å². The molecule has 0 aliphatic carbocycles. The van der Waals surface area contributed by atoms with E-state index in [1.54, 1.807) is 39.8 Å². The minimum absolute atomic E-state index is 0.00843. The molecule has 8 rings (SSSR count). The van der Waals surface area contributed by atoms with Crippen molar-refractivity contribution in [3.8, 4) is 11.5 Å². The van der Waals surface area contributed by atoms with E-state index in [4.69, 9.17) is 18.9 Å². The summed E-state index contributed by atoms with van der Waals surface area (Å²) >= 11 is 0. The lowest BCUT2D eigenvalue weighted by atomic mass is 9.88. The average Bonchev–Trinajstić information content (AvgIpc) is 3.31. The van der Waals surface area contributed by atoms with E-state index in [9.17, 15) is 32.3 Å². The summed E-state index contributed by atoms with van der Waals surface area (Å²) in [6.45, 7) is 6.78. The van der Waals surface area contributed by atoms with Crippen LogP contribution in [0.5, 0.6) is 11.5 Å². The van der Waals surface area contributed by atoms with Crippen LogP contribution in [0, 0.1) is 0 Å². The molecule has 0 aromatic heterocycles. The minimum Gasteiger partial charge on any atom is -0.451 e. The number of hydrogen-bond donors (Lipinski definition) is 0. The van der Waals surface area contributed by atoms with Crippen LogP contribution in [0.1, 0.15) is 97.3 Å². The van der Waals surface area contributed by atoms with Crippen LogP contribution in [-0.4, -0.2) is 30.1 Å². The zero-order valence-electron chi connectivity index (χ0n) is 36.8. The van der Waals surface area contributed by atoms with Gasteiger partial charge in [0.2, 0.25) is 0 Å². The van der Waals surface area contributed by atoms with E-state index in [-0.39, 0.29) is 39.1 Å². The number of hydrogen-bond acceptors (Lipinski definition) is 8. The van der Waals surface area contributed by atoms with Gasteiger partial charge in [0.1, 0.15) is 28.6 Å². The van der Waals surface area contributed by atoms with Gasteiger partial charge in [-0.3, -0.25) is 0 Å². The number of ether oxygens (including phenoxy) is 4. The Balaban J connectivity index is 0.912. The summed E-state index contributed by atoms with van der Waals surface area (Å²) in [6, 6.07) is 48.6. The third-order valence-electron chi connectivity index (χ3n) is 11.4. The maximum Gasteiger partial charge on any atom is 0.399 e.